The second-order valence-corrected chi connectivity index (χ2v) is 7.78. The molecule has 0 saturated carbocycles. The summed E-state index contributed by atoms with van der Waals surface area (Å²) in [4.78, 5) is 2.40. The fourth-order valence-corrected chi connectivity index (χ4v) is 3.56. The molecular weight excluding hydrogens is 306 g/mol. The maximum absolute atomic E-state index is 10.9. The summed E-state index contributed by atoms with van der Waals surface area (Å²) in [6.45, 7) is 12.0. The van der Waals surface area contributed by atoms with Crippen molar-refractivity contribution in [2.75, 3.05) is 0 Å². The highest BCUT2D eigenvalue weighted by molar-refractivity contribution is 5.18. The quantitative estimate of drug-likeness (QED) is 0.682. The van der Waals surface area contributed by atoms with Crippen molar-refractivity contribution in [3.8, 4) is 0 Å². The second kappa shape index (κ2) is 8.98. The third kappa shape index (κ3) is 5.84. The highest BCUT2D eigenvalue weighted by Gasteiger charge is 2.35. The lowest BCUT2D eigenvalue weighted by Crippen LogP contribution is -2.50. The van der Waals surface area contributed by atoms with E-state index in [1.54, 1.807) is 0 Å². The van der Waals surface area contributed by atoms with Crippen molar-refractivity contribution in [3.63, 3.8) is 0 Å². The minimum Gasteiger partial charge on any atom is -0.391 e. The first-order valence-electron chi connectivity index (χ1n) is 9.02. The van der Waals surface area contributed by atoms with Gasteiger partial charge in [-0.2, -0.15) is 0 Å². The van der Waals surface area contributed by atoms with Crippen LogP contribution in [0, 0.1) is 5.41 Å². The summed E-state index contributed by atoms with van der Waals surface area (Å²) in [6.07, 6.45) is 1.97. The Kier molecular flexibility index (Phi) is 6.98. The van der Waals surface area contributed by atoms with Crippen molar-refractivity contribution in [2.45, 2.75) is 52.4 Å². The molecule has 0 radical (unpaired) electrons. The number of benzene rings is 2. The molecule has 134 valence electrons. The van der Waals surface area contributed by atoms with E-state index in [1.807, 2.05) is 18.2 Å². The van der Waals surface area contributed by atoms with Crippen LogP contribution in [0.5, 0.6) is 0 Å². The average Bonchev–Trinajstić information content (AvgIpc) is 2.55. The lowest BCUT2D eigenvalue weighted by Gasteiger charge is -2.43. The smallest absolute Gasteiger partial charge is 0.0734 e. The summed E-state index contributed by atoms with van der Waals surface area (Å²) >= 11 is 0. The van der Waals surface area contributed by atoms with E-state index in [1.165, 1.54) is 11.1 Å². The van der Waals surface area contributed by atoms with Crippen LogP contribution in [0.1, 0.15) is 38.3 Å². The lowest BCUT2D eigenvalue weighted by atomic mass is 9.80. The number of hydrogen-bond donors (Lipinski definition) is 1. The molecule has 2 aromatic rings. The summed E-state index contributed by atoms with van der Waals surface area (Å²) < 4.78 is 0. The van der Waals surface area contributed by atoms with Crippen molar-refractivity contribution in [3.05, 3.63) is 84.4 Å². The molecule has 2 atom stereocenters. The van der Waals surface area contributed by atoms with Gasteiger partial charge >= 0.3 is 0 Å². The maximum atomic E-state index is 10.9. The van der Waals surface area contributed by atoms with E-state index in [-0.39, 0.29) is 11.5 Å². The van der Waals surface area contributed by atoms with Crippen LogP contribution >= 0.6 is 0 Å². The molecule has 0 fully saturated rings. The Labute approximate surface area is 152 Å². The summed E-state index contributed by atoms with van der Waals surface area (Å²) in [5.74, 6) is 0. The number of aliphatic hydroxyl groups excluding tert-OH is 1. The normalized spacial score (nSPS) is 14.3. The molecule has 0 spiro atoms. The summed E-state index contributed by atoms with van der Waals surface area (Å²) in [5, 5.41) is 10.9. The van der Waals surface area contributed by atoms with Crippen LogP contribution in [0.2, 0.25) is 0 Å². The largest absolute Gasteiger partial charge is 0.391 e. The highest BCUT2D eigenvalue weighted by Crippen LogP contribution is 2.31. The van der Waals surface area contributed by atoms with Gasteiger partial charge in [-0.15, -0.1) is 6.58 Å². The summed E-state index contributed by atoms with van der Waals surface area (Å²) in [6, 6.07) is 21.0. The molecule has 2 aromatic carbocycles. The predicted octanol–water partition coefficient (Wildman–Crippen LogP) is 5.04. The SMILES string of the molecule is C=CC[C@@H](O)[C@@H](N(Cc1ccccc1)Cc1ccccc1)C(C)(C)C. The fourth-order valence-electron chi connectivity index (χ4n) is 3.56. The average molecular weight is 338 g/mol. The van der Waals surface area contributed by atoms with Crippen LogP contribution in [0.25, 0.3) is 0 Å². The van der Waals surface area contributed by atoms with Gasteiger partial charge in [-0.3, -0.25) is 4.90 Å². The van der Waals surface area contributed by atoms with E-state index in [4.69, 9.17) is 0 Å². The van der Waals surface area contributed by atoms with E-state index >= 15 is 0 Å². The second-order valence-electron chi connectivity index (χ2n) is 7.78. The van der Waals surface area contributed by atoms with Crippen molar-refractivity contribution < 1.29 is 5.11 Å². The van der Waals surface area contributed by atoms with E-state index in [9.17, 15) is 5.11 Å². The van der Waals surface area contributed by atoms with Crippen LogP contribution in [-0.4, -0.2) is 22.2 Å². The third-order valence-electron chi connectivity index (χ3n) is 4.51. The predicted molar refractivity (Wildman–Crippen MR) is 106 cm³/mol. The molecule has 1 N–H and O–H groups in total. The molecule has 0 bridgehead atoms. The van der Waals surface area contributed by atoms with E-state index in [2.05, 4.69) is 80.8 Å². The molecule has 2 rings (SSSR count). The van der Waals surface area contributed by atoms with E-state index < -0.39 is 6.10 Å². The Bertz CT molecular complexity index is 589. The zero-order chi connectivity index (χ0) is 18.3. The van der Waals surface area contributed by atoms with Crippen LogP contribution in [-0.2, 0) is 13.1 Å². The van der Waals surface area contributed by atoms with E-state index in [0.29, 0.717) is 6.42 Å². The molecule has 0 aromatic heterocycles. The molecule has 25 heavy (non-hydrogen) atoms. The Morgan fingerprint density at radius 3 is 1.72 bits per heavy atom. The maximum Gasteiger partial charge on any atom is 0.0734 e. The Morgan fingerprint density at radius 2 is 1.36 bits per heavy atom. The molecular formula is C23H31NO. The first-order valence-corrected chi connectivity index (χ1v) is 9.02. The van der Waals surface area contributed by atoms with Gasteiger partial charge in [0.05, 0.1) is 6.10 Å². The molecule has 2 heteroatoms. The molecule has 0 aliphatic carbocycles. The van der Waals surface area contributed by atoms with Gasteiger partial charge in [-0.1, -0.05) is 87.5 Å². The number of nitrogens with zero attached hydrogens (tertiary/aromatic N) is 1. The highest BCUT2D eigenvalue weighted by atomic mass is 16.3. The van der Waals surface area contributed by atoms with Crippen molar-refractivity contribution in [2.24, 2.45) is 5.41 Å². The Morgan fingerprint density at radius 1 is 0.920 bits per heavy atom. The van der Waals surface area contributed by atoms with Crippen LogP contribution in [0.4, 0.5) is 0 Å². The standard InChI is InChI=1S/C23H31NO/c1-5-12-21(25)22(23(2,3)4)24(17-19-13-8-6-9-14-19)18-20-15-10-7-11-16-20/h5-11,13-16,21-22,25H,1,12,17-18H2,2-4H3/t21-,22-/m1/s1. The number of hydrogen-bond acceptors (Lipinski definition) is 2. The molecule has 0 amide bonds. The Hall–Kier alpha value is -1.90. The molecule has 0 unspecified atom stereocenters. The van der Waals surface area contributed by atoms with Gasteiger partial charge in [-0.05, 0) is 23.0 Å². The van der Waals surface area contributed by atoms with Crippen molar-refractivity contribution in [1.82, 2.24) is 4.90 Å². The number of rotatable bonds is 8. The molecule has 0 saturated heterocycles. The number of aliphatic hydroxyl groups is 1. The van der Waals surface area contributed by atoms with Gasteiger partial charge in [0, 0.05) is 19.1 Å². The van der Waals surface area contributed by atoms with Gasteiger partial charge in [0.25, 0.3) is 0 Å². The molecule has 2 nitrogen and oxygen atoms in total. The van der Waals surface area contributed by atoms with Crippen LogP contribution < -0.4 is 0 Å². The topological polar surface area (TPSA) is 23.5 Å². The summed E-state index contributed by atoms with van der Waals surface area (Å²) in [7, 11) is 0. The van der Waals surface area contributed by atoms with Gasteiger partial charge in [0.15, 0.2) is 0 Å². The lowest BCUT2D eigenvalue weighted by molar-refractivity contribution is -0.0176. The van der Waals surface area contributed by atoms with Gasteiger partial charge in [-0.25, -0.2) is 0 Å². The first kappa shape index (κ1) is 19.4. The molecule has 0 heterocycles. The van der Waals surface area contributed by atoms with Gasteiger partial charge in [0.1, 0.15) is 0 Å². The monoisotopic (exact) mass is 337 g/mol. The van der Waals surface area contributed by atoms with Crippen LogP contribution in [0.15, 0.2) is 73.3 Å². The van der Waals surface area contributed by atoms with Crippen molar-refractivity contribution in [1.29, 1.82) is 0 Å². The third-order valence-corrected chi connectivity index (χ3v) is 4.51. The zero-order valence-corrected chi connectivity index (χ0v) is 15.7. The van der Waals surface area contributed by atoms with Gasteiger partial charge < -0.3 is 5.11 Å². The minimum atomic E-state index is -0.440. The fraction of sp³-hybridized carbons (Fsp3) is 0.391. The minimum absolute atomic E-state index is 0.0333. The van der Waals surface area contributed by atoms with Crippen molar-refractivity contribution >= 4 is 0 Å². The van der Waals surface area contributed by atoms with E-state index in [0.717, 1.165) is 13.1 Å². The Balaban J connectivity index is 2.34. The zero-order valence-electron chi connectivity index (χ0n) is 15.7. The van der Waals surface area contributed by atoms with Crippen LogP contribution in [0.3, 0.4) is 0 Å². The first-order chi connectivity index (χ1) is 11.9. The van der Waals surface area contributed by atoms with Gasteiger partial charge in [0.2, 0.25) is 0 Å². The molecule has 0 aliphatic heterocycles. The summed E-state index contributed by atoms with van der Waals surface area (Å²) in [5.41, 5.74) is 2.48. The molecule has 0 aliphatic rings.